The SMILES string of the molecule is O=NOC[C@H]1CCc2cc3c(cc2C1OC(O)CO)OCO3. The zero-order valence-corrected chi connectivity index (χ0v) is 11.8. The van der Waals surface area contributed by atoms with Crippen LogP contribution in [0, 0.1) is 10.8 Å². The van der Waals surface area contributed by atoms with Gasteiger partial charge in [0, 0.05) is 5.92 Å². The fourth-order valence-corrected chi connectivity index (χ4v) is 2.92. The van der Waals surface area contributed by atoms with E-state index in [2.05, 4.69) is 10.2 Å². The van der Waals surface area contributed by atoms with E-state index in [1.54, 1.807) is 0 Å². The highest BCUT2D eigenvalue weighted by molar-refractivity contribution is 5.50. The Bertz CT molecular complexity index is 550. The average Bonchev–Trinajstić information content (AvgIpc) is 2.99. The molecule has 3 atom stereocenters. The van der Waals surface area contributed by atoms with E-state index in [-0.39, 0.29) is 19.3 Å². The maximum atomic E-state index is 10.2. The Kier molecular flexibility index (Phi) is 4.41. The molecule has 22 heavy (non-hydrogen) atoms. The normalized spacial score (nSPS) is 23.7. The third-order valence-corrected chi connectivity index (χ3v) is 3.95. The van der Waals surface area contributed by atoms with Gasteiger partial charge in [0.1, 0.15) is 6.61 Å². The molecule has 0 spiro atoms. The topological polar surface area (TPSA) is 107 Å². The van der Waals surface area contributed by atoms with Crippen LogP contribution in [-0.4, -0.2) is 36.5 Å². The summed E-state index contributed by atoms with van der Waals surface area (Å²) < 4.78 is 16.3. The monoisotopic (exact) mass is 311 g/mol. The van der Waals surface area contributed by atoms with E-state index in [0.717, 1.165) is 17.5 Å². The number of hydrogen-bond acceptors (Lipinski definition) is 8. The minimum Gasteiger partial charge on any atom is -0.454 e. The second-order valence-electron chi connectivity index (χ2n) is 5.27. The van der Waals surface area contributed by atoms with Crippen LogP contribution in [-0.2, 0) is 16.0 Å². The van der Waals surface area contributed by atoms with Crippen LogP contribution < -0.4 is 9.47 Å². The lowest BCUT2D eigenvalue weighted by Gasteiger charge is -2.33. The summed E-state index contributed by atoms with van der Waals surface area (Å²) in [7, 11) is 0. The summed E-state index contributed by atoms with van der Waals surface area (Å²) in [5.41, 5.74) is 1.86. The van der Waals surface area contributed by atoms with E-state index >= 15 is 0 Å². The van der Waals surface area contributed by atoms with Crippen molar-refractivity contribution < 1.29 is 29.3 Å². The fraction of sp³-hybridized carbons (Fsp3) is 0.571. The third kappa shape index (κ3) is 2.85. The molecule has 2 N–H and O–H groups in total. The van der Waals surface area contributed by atoms with Crippen molar-refractivity contribution in [2.75, 3.05) is 20.0 Å². The molecule has 0 fully saturated rings. The highest BCUT2D eigenvalue weighted by Gasteiger charge is 2.34. The van der Waals surface area contributed by atoms with Gasteiger partial charge in [-0.05, 0) is 36.1 Å². The molecule has 3 rings (SSSR count). The molecule has 2 aliphatic rings. The molecular formula is C14H17NO7. The van der Waals surface area contributed by atoms with Gasteiger partial charge in [-0.25, -0.2) is 0 Å². The molecule has 1 aromatic rings. The molecule has 8 heteroatoms. The van der Waals surface area contributed by atoms with Gasteiger partial charge in [0.25, 0.3) is 0 Å². The van der Waals surface area contributed by atoms with E-state index in [0.29, 0.717) is 17.9 Å². The standard InChI is InChI=1S/C14H17NO7/c16-5-13(17)22-14-9(6-21-15-18)2-1-8-3-11-12(4-10(8)14)20-7-19-11/h3-4,9,13-14,16-17H,1-2,5-7H2/t9-,13?,14?/m1/s1. The molecule has 0 radical (unpaired) electrons. The lowest BCUT2D eigenvalue weighted by Crippen LogP contribution is -2.31. The van der Waals surface area contributed by atoms with Gasteiger partial charge >= 0.3 is 0 Å². The summed E-state index contributed by atoms with van der Waals surface area (Å²) in [5, 5.41) is 21.0. The predicted octanol–water partition coefficient (Wildman–Crippen LogP) is 1.04. The van der Waals surface area contributed by atoms with Crippen molar-refractivity contribution in [3.63, 3.8) is 0 Å². The van der Waals surface area contributed by atoms with Gasteiger partial charge in [0.2, 0.25) is 6.79 Å². The van der Waals surface area contributed by atoms with Crippen LogP contribution in [0.25, 0.3) is 0 Å². The number of nitrogens with zero attached hydrogens (tertiary/aromatic N) is 1. The zero-order chi connectivity index (χ0) is 15.5. The second-order valence-corrected chi connectivity index (χ2v) is 5.27. The van der Waals surface area contributed by atoms with Crippen LogP contribution in [0.4, 0.5) is 0 Å². The Labute approximate surface area is 126 Å². The minimum atomic E-state index is -1.31. The summed E-state index contributed by atoms with van der Waals surface area (Å²) in [5.74, 6) is 1.14. The van der Waals surface area contributed by atoms with Crippen molar-refractivity contribution in [1.29, 1.82) is 0 Å². The van der Waals surface area contributed by atoms with E-state index in [1.807, 2.05) is 12.1 Å². The molecule has 2 unspecified atom stereocenters. The van der Waals surface area contributed by atoms with Crippen molar-refractivity contribution >= 4 is 0 Å². The van der Waals surface area contributed by atoms with Crippen molar-refractivity contribution in [3.05, 3.63) is 28.2 Å². The molecule has 1 aliphatic heterocycles. The van der Waals surface area contributed by atoms with Crippen LogP contribution in [0.1, 0.15) is 23.7 Å². The van der Waals surface area contributed by atoms with Gasteiger partial charge in [-0.15, -0.1) is 4.91 Å². The molecule has 0 saturated heterocycles. The van der Waals surface area contributed by atoms with Crippen molar-refractivity contribution in [2.24, 2.45) is 11.3 Å². The van der Waals surface area contributed by atoms with Crippen LogP contribution in [0.2, 0.25) is 0 Å². The Hall–Kier alpha value is -1.90. The maximum Gasteiger partial charge on any atom is 0.231 e. The number of fused-ring (bicyclic) bond motifs is 2. The lowest BCUT2D eigenvalue weighted by atomic mass is 9.81. The molecule has 0 amide bonds. The van der Waals surface area contributed by atoms with E-state index in [4.69, 9.17) is 19.3 Å². The first-order chi connectivity index (χ1) is 10.7. The summed E-state index contributed by atoms with van der Waals surface area (Å²) in [6.07, 6.45) is -0.381. The first-order valence-corrected chi connectivity index (χ1v) is 7.04. The fourth-order valence-electron chi connectivity index (χ4n) is 2.92. The van der Waals surface area contributed by atoms with Gasteiger partial charge in [0.15, 0.2) is 23.1 Å². The molecule has 0 bridgehead atoms. The summed E-state index contributed by atoms with van der Waals surface area (Å²) in [6, 6.07) is 3.71. The lowest BCUT2D eigenvalue weighted by molar-refractivity contribution is -0.179. The zero-order valence-electron chi connectivity index (χ0n) is 11.8. The largest absolute Gasteiger partial charge is 0.454 e. The third-order valence-electron chi connectivity index (χ3n) is 3.95. The molecular weight excluding hydrogens is 294 g/mol. The molecule has 1 aromatic carbocycles. The number of aliphatic hydroxyl groups is 2. The predicted molar refractivity (Wildman–Crippen MR) is 73.0 cm³/mol. The molecule has 0 saturated carbocycles. The highest BCUT2D eigenvalue weighted by Crippen LogP contribution is 2.44. The molecule has 1 heterocycles. The van der Waals surface area contributed by atoms with Gasteiger partial charge in [0.05, 0.1) is 12.7 Å². The Morgan fingerprint density at radius 3 is 2.86 bits per heavy atom. The molecule has 8 nitrogen and oxygen atoms in total. The average molecular weight is 311 g/mol. The molecule has 1 aliphatic carbocycles. The van der Waals surface area contributed by atoms with E-state index in [1.165, 1.54) is 0 Å². The number of benzene rings is 1. The number of ether oxygens (including phenoxy) is 3. The second kappa shape index (κ2) is 6.47. The van der Waals surface area contributed by atoms with Gasteiger partial charge in [-0.2, -0.15) is 0 Å². The highest BCUT2D eigenvalue weighted by atomic mass is 16.7. The number of aryl methyl sites for hydroxylation is 1. The maximum absolute atomic E-state index is 10.2. The van der Waals surface area contributed by atoms with E-state index in [9.17, 15) is 10.0 Å². The van der Waals surface area contributed by atoms with Gasteiger partial charge in [-0.3, -0.25) is 0 Å². The smallest absolute Gasteiger partial charge is 0.231 e. The number of rotatable bonds is 6. The summed E-state index contributed by atoms with van der Waals surface area (Å²) >= 11 is 0. The number of aliphatic hydroxyl groups excluding tert-OH is 2. The van der Waals surface area contributed by atoms with Crippen LogP contribution in [0.5, 0.6) is 11.5 Å². The quantitative estimate of drug-likeness (QED) is 0.459. The first kappa shape index (κ1) is 15.0. The van der Waals surface area contributed by atoms with Crippen LogP contribution >= 0.6 is 0 Å². The summed E-state index contributed by atoms with van der Waals surface area (Å²) in [4.78, 5) is 14.8. The first-order valence-electron chi connectivity index (χ1n) is 7.04. The Morgan fingerprint density at radius 2 is 2.14 bits per heavy atom. The van der Waals surface area contributed by atoms with Crippen molar-refractivity contribution in [2.45, 2.75) is 25.2 Å². The van der Waals surface area contributed by atoms with Crippen LogP contribution in [0.3, 0.4) is 0 Å². The van der Waals surface area contributed by atoms with Gasteiger partial charge < -0.3 is 29.3 Å². The summed E-state index contributed by atoms with van der Waals surface area (Å²) in [6.45, 7) is -0.263. The Balaban J connectivity index is 1.90. The van der Waals surface area contributed by atoms with Crippen molar-refractivity contribution in [1.82, 2.24) is 0 Å². The van der Waals surface area contributed by atoms with E-state index < -0.39 is 19.0 Å². The van der Waals surface area contributed by atoms with Crippen LogP contribution in [0.15, 0.2) is 17.5 Å². The minimum absolute atomic E-state index is 0.0835. The van der Waals surface area contributed by atoms with Gasteiger partial charge in [-0.1, -0.05) is 0 Å². The Morgan fingerprint density at radius 1 is 1.36 bits per heavy atom. The molecule has 120 valence electrons. The van der Waals surface area contributed by atoms with Crippen molar-refractivity contribution in [3.8, 4) is 11.5 Å². The number of hydrogen-bond donors (Lipinski definition) is 2. The molecule has 0 aromatic heterocycles.